The van der Waals surface area contributed by atoms with E-state index < -0.39 is 5.97 Å². The second-order valence-electron chi connectivity index (χ2n) is 5.65. The summed E-state index contributed by atoms with van der Waals surface area (Å²) in [6.45, 7) is 4.23. The molecule has 1 aromatic rings. The third-order valence-corrected chi connectivity index (χ3v) is 5.12. The van der Waals surface area contributed by atoms with E-state index in [-0.39, 0.29) is 29.2 Å². The highest BCUT2D eigenvalue weighted by molar-refractivity contribution is 7.12. The van der Waals surface area contributed by atoms with Crippen molar-refractivity contribution in [3.63, 3.8) is 0 Å². The molecule has 21 heavy (non-hydrogen) atoms. The van der Waals surface area contributed by atoms with E-state index in [4.69, 9.17) is 9.84 Å². The maximum absolute atomic E-state index is 12.0. The van der Waals surface area contributed by atoms with Crippen molar-refractivity contribution >= 4 is 23.2 Å². The van der Waals surface area contributed by atoms with Crippen LogP contribution in [0.25, 0.3) is 0 Å². The van der Waals surface area contributed by atoms with Crippen LogP contribution in [0, 0.1) is 11.8 Å². The van der Waals surface area contributed by atoms with Crippen LogP contribution in [0.2, 0.25) is 0 Å². The van der Waals surface area contributed by atoms with Crippen molar-refractivity contribution in [1.29, 1.82) is 0 Å². The quantitative estimate of drug-likeness (QED) is 0.876. The van der Waals surface area contributed by atoms with Gasteiger partial charge in [0, 0.05) is 6.04 Å². The van der Waals surface area contributed by atoms with Crippen molar-refractivity contribution in [2.24, 2.45) is 11.8 Å². The number of aromatic carboxylic acids is 1. The fraction of sp³-hybridized carbons (Fsp3) is 0.600. The average Bonchev–Trinajstić information content (AvgIpc) is 2.90. The van der Waals surface area contributed by atoms with Gasteiger partial charge in [-0.3, -0.25) is 4.79 Å². The van der Waals surface area contributed by atoms with Crippen LogP contribution in [0.4, 0.5) is 0 Å². The molecule has 3 atom stereocenters. The fourth-order valence-electron chi connectivity index (χ4n) is 2.74. The van der Waals surface area contributed by atoms with E-state index in [1.807, 2.05) is 0 Å². The molecule has 0 bridgehead atoms. The van der Waals surface area contributed by atoms with Crippen LogP contribution >= 0.6 is 11.3 Å². The first kappa shape index (κ1) is 15.8. The monoisotopic (exact) mass is 311 g/mol. The number of amides is 1. The van der Waals surface area contributed by atoms with Crippen molar-refractivity contribution in [3.8, 4) is 5.75 Å². The summed E-state index contributed by atoms with van der Waals surface area (Å²) in [5, 5.41) is 13.6. The van der Waals surface area contributed by atoms with Gasteiger partial charge in [-0.05, 0) is 29.7 Å². The molecule has 1 aromatic heterocycles. The Bertz CT molecular complexity index is 514. The number of carbonyl (C=O) groups excluding carboxylic acids is 1. The van der Waals surface area contributed by atoms with Crippen LogP contribution < -0.4 is 10.1 Å². The molecule has 0 spiro atoms. The minimum absolute atomic E-state index is 0.127. The maximum atomic E-state index is 12.0. The number of hydrogen-bond donors (Lipinski definition) is 2. The van der Waals surface area contributed by atoms with E-state index in [2.05, 4.69) is 19.2 Å². The Morgan fingerprint density at radius 1 is 1.43 bits per heavy atom. The summed E-state index contributed by atoms with van der Waals surface area (Å²) in [7, 11) is 0. The third kappa shape index (κ3) is 3.97. The number of hydrogen-bond acceptors (Lipinski definition) is 4. The van der Waals surface area contributed by atoms with E-state index in [0.29, 0.717) is 11.8 Å². The standard InChI is InChI=1S/C15H21NO4S/c1-9-4-3-5-11(10(9)2)16-13(17)8-20-12-6-7-21-14(12)15(18)19/h6-7,9-11H,3-5,8H2,1-2H3,(H,16,17)(H,18,19). The van der Waals surface area contributed by atoms with Gasteiger partial charge in [-0.25, -0.2) is 4.79 Å². The zero-order valence-corrected chi connectivity index (χ0v) is 13.1. The first-order chi connectivity index (χ1) is 9.99. The van der Waals surface area contributed by atoms with Crippen molar-refractivity contribution in [1.82, 2.24) is 5.32 Å². The summed E-state index contributed by atoms with van der Waals surface area (Å²) in [6.07, 6.45) is 3.34. The molecule has 5 nitrogen and oxygen atoms in total. The van der Waals surface area contributed by atoms with Crippen molar-refractivity contribution in [3.05, 3.63) is 16.3 Å². The molecule has 0 aliphatic heterocycles. The number of thiophene rings is 1. The first-order valence-corrected chi connectivity index (χ1v) is 8.10. The molecule has 2 rings (SSSR count). The highest BCUT2D eigenvalue weighted by Gasteiger charge is 2.28. The van der Waals surface area contributed by atoms with Gasteiger partial charge in [0.25, 0.3) is 5.91 Å². The largest absolute Gasteiger partial charge is 0.482 e. The van der Waals surface area contributed by atoms with E-state index in [9.17, 15) is 9.59 Å². The molecule has 1 fully saturated rings. The summed E-state index contributed by atoms with van der Waals surface area (Å²) in [5.41, 5.74) is 0. The van der Waals surface area contributed by atoms with Crippen LogP contribution in [0.1, 0.15) is 42.8 Å². The minimum Gasteiger partial charge on any atom is -0.482 e. The van der Waals surface area contributed by atoms with Gasteiger partial charge < -0.3 is 15.2 Å². The molecule has 1 aliphatic rings. The smallest absolute Gasteiger partial charge is 0.349 e. The second-order valence-corrected chi connectivity index (χ2v) is 6.57. The Labute approximate surface area is 128 Å². The third-order valence-electron chi connectivity index (χ3n) is 4.24. The van der Waals surface area contributed by atoms with Gasteiger partial charge in [0.15, 0.2) is 11.5 Å². The van der Waals surface area contributed by atoms with Gasteiger partial charge >= 0.3 is 5.97 Å². The minimum atomic E-state index is -1.03. The highest BCUT2D eigenvalue weighted by Crippen LogP contribution is 2.29. The topological polar surface area (TPSA) is 75.6 Å². The van der Waals surface area contributed by atoms with Crippen LogP contribution in [0.3, 0.4) is 0 Å². The van der Waals surface area contributed by atoms with Crippen LogP contribution in [0.15, 0.2) is 11.4 Å². The van der Waals surface area contributed by atoms with Crippen LogP contribution in [0.5, 0.6) is 5.75 Å². The molecule has 3 unspecified atom stereocenters. The zero-order chi connectivity index (χ0) is 15.4. The lowest BCUT2D eigenvalue weighted by atomic mass is 9.78. The zero-order valence-electron chi connectivity index (χ0n) is 12.3. The molecule has 1 aliphatic carbocycles. The van der Waals surface area contributed by atoms with E-state index >= 15 is 0 Å². The highest BCUT2D eigenvalue weighted by atomic mass is 32.1. The summed E-state index contributed by atoms with van der Waals surface area (Å²) >= 11 is 1.09. The molecule has 0 saturated heterocycles. The number of carboxylic acids is 1. The molecule has 116 valence electrons. The van der Waals surface area contributed by atoms with Crippen molar-refractivity contribution in [2.75, 3.05) is 6.61 Å². The molecule has 1 saturated carbocycles. The van der Waals surface area contributed by atoms with E-state index in [0.717, 1.165) is 24.2 Å². The average molecular weight is 311 g/mol. The normalized spacial score (nSPS) is 25.3. The summed E-state index contributed by atoms with van der Waals surface area (Å²) in [5.74, 6) is 0.102. The Hall–Kier alpha value is -1.56. The number of nitrogens with one attached hydrogen (secondary N) is 1. The van der Waals surface area contributed by atoms with E-state index in [1.165, 1.54) is 6.42 Å². The van der Waals surface area contributed by atoms with Crippen LogP contribution in [-0.2, 0) is 4.79 Å². The Morgan fingerprint density at radius 2 is 2.19 bits per heavy atom. The Kier molecular flexibility index (Phi) is 5.22. The van der Waals surface area contributed by atoms with Gasteiger partial charge in [-0.2, -0.15) is 0 Å². The first-order valence-electron chi connectivity index (χ1n) is 7.22. The molecular formula is C15H21NO4S. The summed E-state index contributed by atoms with van der Waals surface area (Å²) in [6, 6.07) is 1.76. The maximum Gasteiger partial charge on any atom is 0.349 e. The number of carboxylic acid groups (broad SMARTS) is 1. The van der Waals surface area contributed by atoms with Crippen LogP contribution in [-0.4, -0.2) is 29.6 Å². The van der Waals surface area contributed by atoms with Crippen molar-refractivity contribution < 1.29 is 19.4 Å². The fourth-order valence-corrected chi connectivity index (χ4v) is 3.42. The van der Waals surface area contributed by atoms with Crippen molar-refractivity contribution in [2.45, 2.75) is 39.2 Å². The molecule has 1 heterocycles. The molecule has 6 heteroatoms. The Morgan fingerprint density at radius 3 is 2.90 bits per heavy atom. The molecule has 0 aromatic carbocycles. The lowest BCUT2D eigenvalue weighted by Gasteiger charge is -2.34. The molecule has 1 amide bonds. The molecule has 0 radical (unpaired) electrons. The predicted octanol–water partition coefficient (Wildman–Crippen LogP) is 2.77. The predicted molar refractivity (Wildman–Crippen MR) is 80.9 cm³/mol. The SMILES string of the molecule is CC1CCCC(NC(=O)COc2ccsc2C(=O)O)C1C. The van der Waals surface area contributed by atoms with Gasteiger partial charge in [-0.1, -0.05) is 26.7 Å². The van der Waals surface area contributed by atoms with Gasteiger partial charge in [0.05, 0.1) is 0 Å². The molecule has 2 N–H and O–H groups in total. The lowest BCUT2D eigenvalue weighted by Crippen LogP contribution is -2.45. The second kappa shape index (κ2) is 6.93. The number of carbonyl (C=O) groups is 2. The van der Waals surface area contributed by atoms with E-state index in [1.54, 1.807) is 11.4 Å². The number of ether oxygens (including phenoxy) is 1. The molecular weight excluding hydrogens is 290 g/mol. The number of rotatable bonds is 5. The van der Waals surface area contributed by atoms with Gasteiger partial charge in [0.1, 0.15) is 5.75 Å². The lowest BCUT2D eigenvalue weighted by molar-refractivity contribution is -0.124. The van der Waals surface area contributed by atoms with Gasteiger partial charge in [-0.15, -0.1) is 11.3 Å². The Balaban J connectivity index is 1.85. The summed E-state index contributed by atoms with van der Waals surface area (Å²) < 4.78 is 5.32. The summed E-state index contributed by atoms with van der Waals surface area (Å²) in [4.78, 5) is 23.0. The van der Waals surface area contributed by atoms with Gasteiger partial charge in [0.2, 0.25) is 0 Å².